The van der Waals surface area contributed by atoms with Crippen LogP contribution in [0.1, 0.15) is 126 Å². The van der Waals surface area contributed by atoms with Gasteiger partial charge < -0.3 is 43.9 Å². The second-order valence-electron chi connectivity index (χ2n) is 19.6. The van der Waals surface area contributed by atoms with Crippen LogP contribution in [0, 0.1) is 35.5 Å². The van der Waals surface area contributed by atoms with Gasteiger partial charge in [0, 0.05) is 58.5 Å². The second kappa shape index (κ2) is 25.1. The van der Waals surface area contributed by atoms with Gasteiger partial charge in [-0.05, 0) is 107 Å². The van der Waals surface area contributed by atoms with Gasteiger partial charge in [0.1, 0.15) is 30.1 Å². The molecule has 0 aromatic rings. The Balaban J connectivity index is 1.70. The Morgan fingerprint density at radius 1 is 0.846 bits per heavy atom. The number of methoxy groups -OCH3 is 3. The molecule has 4 rings (SSSR count). The van der Waals surface area contributed by atoms with Crippen LogP contribution >= 0.6 is 0 Å². The molecular formula is C51H79NO13. The number of aliphatic hydroxyl groups excluding tert-OH is 2. The molecule has 1 aliphatic carbocycles. The van der Waals surface area contributed by atoms with E-state index in [1.165, 1.54) is 12.0 Å². The van der Waals surface area contributed by atoms with Crippen LogP contribution in [0.2, 0.25) is 0 Å². The quantitative estimate of drug-likeness (QED) is 0.156. The van der Waals surface area contributed by atoms with Crippen molar-refractivity contribution in [1.82, 2.24) is 4.90 Å². The molecular weight excluding hydrogens is 835 g/mol. The summed E-state index contributed by atoms with van der Waals surface area (Å²) in [6.07, 6.45) is 11.2. The first kappa shape index (κ1) is 54.2. The van der Waals surface area contributed by atoms with Crippen molar-refractivity contribution in [3.8, 4) is 0 Å². The molecule has 366 valence electrons. The molecule has 0 radical (unpaired) electrons. The van der Waals surface area contributed by atoms with Gasteiger partial charge in [0.2, 0.25) is 5.79 Å². The van der Waals surface area contributed by atoms with Gasteiger partial charge in [0.15, 0.2) is 5.78 Å². The van der Waals surface area contributed by atoms with Gasteiger partial charge in [-0.15, -0.1) is 0 Å². The van der Waals surface area contributed by atoms with E-state index in [0.29, 0.717) is 63.4 Å². The summed E-state index contributed by atoms with van der Waals surface area (Å²) < 4.78 is 29.4. The highest BCUT2D eigenvalue weighted by Gasteiger charge is 2.53. The Hall–Kier alpha value is -3.37. The number of cyclic esters (lactones) is 1. The van der Waals surface area contributed by atoms with Crippen LogP contribution in [0.25, 0.3) is 0 Å². The first-order valence-electron chi connectivity index (χ1n) is 23.9. The lowest BCUT2D eigenvalue weighted by Crippen LogP contribution is -2.61. The zero-order valence-electron chi connectivity index (χ0n) is 40.6. The van der Waals surface area contributed by atoms with Crippen molar-refractivity contribution in [3.63, 3.8) is 0 Å². The molecule has 1 saturated carbocycles. The van der Waals surface area contributed by atoms with E-state index in [1.54, 1.807) is 41.1 Å². The summed E-state index contributed by atoms with van der Waals surface area (Å²) in [5, 5.41) is 33.8. The third kappa shape index (κ3) is 14.3. The molecule has 65 heavy (non-hydrogen) atoms. The van der Waals surface area contributed by atoms with Crippen molar-refractivity contribution in [1.29, 1.82) is 0 Å². The highest BCUT2D eigenvalue weighted by molar-refractivity contribution is 6.39. The number of Topliss-reactive ketones (excluding diaryl/α,β-unsaturated/α-hetero) is 3. The van der Waals surface area contributed by atoms with E-state index >= 15 is 0 Å². The van der Waals surface area contributed by atoms with Gasteiger partial charge in [-0.1, -0.05) is 71.1 Å². The molecule has 14 nitrogen and oxygen atoms in total. The molecule has 3 fully saturated rings. The number of piperidine rings is 1. The maximum atomic E-state index is 14.4. The molecule has 0 aromatic heterocycles. The Morgan fingerprint density at radius 3 is 2.25 bits per heavy atom. The van der Waals surface area contributed by atoms with Crippen molar-refractivity contribution in [2.75, 3.05) is 27.9 Å². The number of hydrogen-bond acceptors (Lipinski definition) is 13. The SMILES string of the molecule is CO[C@H]1C[C@@H]2CC[C@@H](C)[C@@](O)(O2)C(=O)C(=O)N2CCCC[C@H]2C(=O)O[C@H]([C@H](C)CC2CC[C@@H](O)[C@H](OC)C2)CC(=O)[C@H](C)/C=C(/C)[C@@H](O)[C@@H](OC)C(=O)[C@H](C)C[C@H](C)/C=C/C=C\C=C1C. The van der Waals surface area contributed by atoms with E-state index in [9.17, 15) is 39.3 Å². The Morgan fingerprint density at radius 2 is 1.57 bits per heavy atom. The van der Waals surface area contributed by atoms with E-state index in [4.69, 9.17) is 23.7 Å². The summed E-state index contributed by atoms with van der Waals surface area (Å²) in [6, 6.07) is -1.14. The van der Waals surface area contributed by atoms with Crippen molar-refractivity contribution in [3.05, 3.63) is 47.6 Å². The van der Waals surface area contributed by atoms with Crippen molar-refractivity contribution < 1.29 is 63.0 Å². The van der Waals surface area contributed by atoms with Crippen LogP contribution in [0.15, 0.2) is 47.6 Å². The first-order valence-corrected chi connectivity index (χ1v) is 23.9. The van der Waals surface area contributed by atoms with Crippen molar-refractivity contribution >= 4 is 29.2 Å². The zero-order valence-corrected chi connectivity index (χ0v) is 40.6. The summed E-state index contributed by atoms with van der Waals surface area (Å²) in [6.45, 7) is 12.7. The monoisotopic (exact) mass is 914 g/mol. The van der Waals surface area contributed by atoms with Crippen LogP contribution < -0.4 is 0 Å². The van der Waals surface area contributed by atoms with Gasteiger partial charge in [0.05, 0.1) is 24.4 Å². The fourth-order valence-corrected chi connectivity index (χ4v) is 10.1. The second-order valence-corrected chi connectivity index (χ2v) is 19.6. The van der Waals surface area contributed by atoms with Gasteiger partial charge >= 0.3 is 5.97 Å². The number of aliphatic hydroxyl groups is 3. The minimum Gasteiger partial charge on any atom is -0.460 e. The fraction of sp³-hybridized carbons (Fsp3) is 0.745. The summed E-state index contributed by atoms with van der Waals surface area (Å²) >= 11 is 0. The number of carbonyl (C=O) groups excluding carboxylic acids is 5. The first-order chi connectivity index (χ1) is 30.7. The third-order valence-corrected chi connectivity index (χ3v) is 14.5. The summed E-state index contributed by atoms with van der Waals surface area (Å²) in [7, 11) is 4.52. The lowest BCUT2D eigenvalue weighted by atomic mass is 9.78. The van der Waals surface area contributed by atoms with Gasteiger partial charge in [-0.3, -0.25) is 19.2 Å². The lowest BCUT2D eigenvalue weighted by molar-refractivity contribution is -0.265. The molecule has 2 saturated heterocycles. The predicted octanol–water partition coefficient (Wildman–Crippen LogP) is 6.18. The molecule has 0 spiro atoms. The van der Waals surface area contributed by atoms with Crippen molar-refractivity contribution in [2.45, 2.75) is 180 Å². The van der Waals surface area contributed by atoms with Crippen LogP contribution in [0.3, 0.4) is 0 Å². The number of allylic oxidation sites excluding steroid dienone is 6. The summed E-state index contributed by atoms with van der Waals surface area (Å²) in [5.41, 5.74) is 1.27. The highest BCUT2D eigenvalue weighted by Crippen LogP contribution is 2.38. The molecule has 14 heteroatoms. The number of ether oxygens (including phenoxy) is 5. The Bertz CT molecular complexity index is 1760. The number of carbonyl (C=O) groups is 5. The molecule has 0 aromatic carbocycles. The van der Waals surface area contributed by atoms with Gasteiger partial charge in [-0.25, -0.2) is 4.79 Å². The molecule has 3 N–H and O–H groups in total. The molecule has 2 bridgehead atoms. The van der Waals surface area contributed by atoms with Gasteiger partial charge in [0.25, 0.3) is 11.7 Å². The van der Waals surface area contributed by atoms with Crippen LogP contribution in [0.4, 0.5) is 0 Å². The maximum Gasteiger partial charge on any atom is 0.329 e. The van der Waals surface area contributed by atoms with Gasteiger partial charge in [-0.2, -0.15) is 0 Å². The van der Waals surface area contributed by atoms with E-state index in [0.717, 1.165) is 12.0 Å². The molecule has 3 aliphatic heterocycles. The van der Waals surface area contributed by atoms with E-state index in [1.807, 2.05) is 58.1 Å². The maximum absolute atomic E-state index is 14.4. The Labute approximate surface area is 387 Å². The summed E-state index contributed by atoms with van der Waals surface area (Å²) in [5.74, 6) is -7.96. The number of amides is 1. The minimum absolute atomic E-state index is 0.0193. The molecule has 15 atom stereocenters. The molecule has 1 amide bonds. The lowest BCUT2D eigenvalue weighted by Gasteiger charge is -2.42. The largest absolute Gasteiger partial charge is 0.460 e. The van der Waals surface area contributed by atoms with Crippen molar-refractivity contribution in [2.24, 2.45) is 35.5 Å². The average molecular weight is 914 g/mol. The predicted molar refractivity (Wildman–Crippen MR) is 245 cm³/mol. The molecule has 4 aliphatic rings. The van der Waals surface area contributed by atoms with E-state index in [-0.39, 0.29) is 54.8 Å². The molecule has 1 unspecified atom stereocenters. The minimum atomic E-state index is -2.43. The zero-order chi connectivity index (χ0) is 48.2. The van der Waals surface area contributed by atoms with Crippen LogP contribution in [-0.4, -0.2) is 132 Å². The van der Waals surface area contributed by atoms with Crippen LogP contribution in [-0.2, 0) is 47.7 Å². The number of esters is 1. The summed E-state index contributed by atoms with van der Waals surface area (Å²) in [4.78, 5) is 71.8. The topological polar surface area (TPSA) is 195 Å². The standard InChI is InChI=1S/C51H79NO13/c1-30-16-12-11-13-17-31(2)42(61-8)28-38-21-19-36(7)51(60,65-38)48(57)49(58)52-23-15-14-18-39(52)50(59)64-43(33(4)26-37-20-22-40(53)44(27-37)62-9)29-41(54)32(3)25-35(6)46(56)47(63-10)45(55)34(5)24-30/h11-13,16-17,25,30,32-34,36-40,42-44,46-47,53,56,60H,14-15,18-24,26-29H2,1-10H3/b13-11-,16-12+,31-17?,35-25-/t30-,32-,33-,34-,36-,37?,38+,39+,40-,42+,43+,44-,46-,47+,51-/m1/s1. The fourth-order valence-electron chi connectivity index (χ4n) is 10.1. The van der Waals surface area contributed by atoms with Crippen LogP contribution in [0.5, 0.6) is 0 Å². The average Bonchev–Trinajstić information content (AvgIpc) is 3.28. The number of rotatable bonds is 6. The number of ketones is 3. The smallest absolute Gasteiger partial charge is 0.329 e. The third-order valence-electron chi connectivity index (χ3n) is 14.5. The van der Waals surface area contributed by atoms with E-state index < -0.39 is 83.9 Å². The number of nitrogens with zero attached hydrogens (tertiary/aromatic N) is 1. The normalized spacial score (nSPS) is 39.6. The molecule has 3 heterocycles. The Kier molecular flexibility index (Phi) is 21.0. The number of hydrogen-bond donors (Lipinski definition) is 3. The number of fused-ring (bicyclic) bond motifs is 3. The van der Waals surface area contributed by atoms with E-state index in [2.05, 4.69) is 0 Å². The highest BCUT2D eigenvalue weighted by atomic mass is 16.6.